The minimum Gasteiger partial charge on any atom is -0.444 e. The van der Waals surface area contributed by atoms with Crippen LogP contribution in [0.25, 0.3) is 0 Å². The molecule has 0 aliphatic carbocycles. The van der Waals surface area contributed by atoms with Gasteiger partial charge in [0.25, 0.3) is 0 Å². The Hall–Kier alpha value is -1.46. The Bertz CT molecular complexity index is 312. The Balaban J connectivity index is 2.32. The zero-order valence-electron chi connectivity index (χ0n) is 11.6. The minimum atomic E-state index is -0.463. The standard InChI is InChI=1S/C12H23N3O3/c1-12(2,3)18-11(17)15-6-5-9(8-15)7-14-10(16)13-4/h9H,5-8H2,1-4H3,(H2,13,14,16)/t9-/m1/s1. The number of hydrogen-bond acceptors (Lipinski definition) is 3. The lowest BCUT2D eigenvalue weighted by Gasteiger charge is -2.24. The molecule has 1 atom stereocenters. The van der Waals surface area contributed by atoms with Crippen LogP contribution in [0.3, 0.4) is 0 Å². The van der Waals surface area contributed by atoms with Gasteiger partial charge >= 0.3 is 12.1 Å². The Morgan fingerprint density at radius 3 is 2.61 bits per heavy atom. The zero-order chi connectivity index (χ0) is 13.8. The van der Waals surface area contributed by atoms with Gasteiger partial charge in [-0.25, -0.2) is 9.59 Å². The summed E-state index contributed by atoms with van der Waals surface area (Å²) in [6.45, 7) is 7.47. The topological polar surface area (TPSA) is 70.7 Å². The van der Waals surface area contributed by atoms with E-state index in [-0.39, 0.29) is 12.1 Å². The normalized spacial score (nSPS) is 19.6. The largest absolute Gasteiger partial charge is 0.444 e. The van der Waals surface area contributed by atoms with Gasteiger partial charge in [-0.1, -0.05) is 0 Å². The Kier molecular flexibility index (Phi) is 4.81. The third-order valence-electron chi connectivity index (χ3n) is 2.72. The maximum atomic E-state index is 11.8. The quantitative estimate of drug-likeness (QED) is 0.780. The van der Waals surface area contributed by atoms with Crippen molar-refractivity contribution < 1.29 is 14.3 Å². The van der Waals surface area contributed by atoms with Crippen LogP contribution in [0.1, 0.15) is 27.2 Å². The predicted molar refractivity (Wildman–Crippen MR) is 68.4 cm³/mol. The summed E-state index contributed by atoms with van der Waals surface area (Å²) in [5.41, 5.74) is -0.463. The van der Waals surface area contributed by atoms with Crippen LogP contribution in [-0.2, 0) is 4.74 Å². The number of carbonyl (C=O) groups excluding carboxylic acids is 2. The van der Waals surface area contributed by atoms with Gasteiger partial charge in [0.15, 0.2) is 0 Å². The molecule has 0 unspecified atom stereocenters. The monoisotopic (exact) mass is 257 g/mol. The smallest absolute Gasteiger partial charge is 0.410 e. The summed E-state index contributed by atoms with van der Waals surface area (Å²) in [5, 5.41) is 5.25. The van der Waals surface area contributed by atoms with Crippen molar-refractivity contribution in [2.45, 2.75) is 32.8 Å². The van der Waals surface area contributed by atoms with Gasteiger partial charge in [-0.05, 0) is 33.1 Å². The molecule has 3 amide bonds. The summed E-state index contributed by atoms with van der Waals surface area (Å²) < 4.78 is 5.30. The molecule has 18 heavy (non-hydrogen) atoms. The first-order valence-electron chi connectivity index (χ1n) is 6.25. The third kappa shape index (κ3) is 4.81. The maximum Gasteiger partial charge on any atom is 0.410 e. The molecule has 0 bridgehead atoms. The van der Waals surface area contributed by atoms with Crippen molar-refractivity contribution in [3.63, 3.8) is 0 Å². The first-order valence-corrected chi connectivity index (χ1v) is 6.25. The summed E-state index contributed by atoms with van der Waals surface area (Å²) in [6, 6.07) is -0.189. The van der Waals surface area contributed by atoms with E-state index >= 15 is 0 Å². The van der Waals surface area contributed by atoms with Crippen LogP contribution in [0, 0.1) is 5.92 Å². The highest BCUT2D eigenvalue weighted by atomic mass is 16.6. The first kappa shape index (κ1) is 14.6. The SMILES string of the molecule is CNC(=O)NC[C@H]1CCN(C(=O)OC(C)(C)C)C1. The highest BCUT2D eigenvalue weighted by Crippen LogP contribution is 2.18. The fourth-order valence-electron chi connectivity index (χ4n) is 1.82. The van der Waals surface area contributed by atoms with Crippen LogP contribution in [0.5, 0.6) is 0 Å². The van der Waals surface area contributed by atoms with Gasteiger partial charge in [-0.3, -0.25) is 0 Å². The lowest BCUT2D eigenvalue weighted by molar-refractivity contribution is 0.0288. The number of likely N-dealkylation sites (tertiary alicyclic amines) is 1. The van der Waals surface area contributed by atoms with Crippen molar-refractivity contribution >= 4 is 12.1 Å². The molecule has 1 fully saturated rings. The number of nitrogens with one attached hydrogen (secondary N) is 2. The molecule has 1 aliphatic rings. The van der Waals surface area contributed by atoms with Crippen LogP contribution >= 0.6 is 0 Å². The molecule has 1 rings (SSSR count). The fourth-order valence-corrected chi connectivity index (χ4v) is 1.82. The number of hydrogen-bond donors (Lipinski definition) is 2. The van der Waals surface area contributed by atoms with E-state index < -0.39 is 5.60 Å². The van der Waals surface area contributed by atoms with Gasteiger partial charge in [-0.15, -0.1) is 0 Å². The summed E-state index contributed by atoms with van der Waals surface area (Å²) >= 11 is 0. The molecule has 0 aromatic heterocycles. The molecular weight excluding hydrogens is 234 g/mol. The molecule has 104 valence electrons. The van der Waals surface area contributed by atoms with Crippen LogP contribution in [0.4, 0.5) is 9.59 Å². The molecule has 1 saturated heterocycles. The molecule has 6 nitrogen and oxygen atoms in total. The van der Waals surface area contributed by atoms with Crippen molar-refractivity contribution in [3.05, 3.63) is 0 Å². The zero-order valence-corrected chi connectivity index (χ0v) is 11.6. The second kappa shape index (κ2) is 5.93. The molecular formula is C12H23N3O3. The molecule has 0 saturated carbocycles. The van der Waals surface area contributed by atoms with Crippen molar-refractivity contribution in [1.82, 2.24) is 15.5 Å². The average Bonchev–Trinajstić information content (AvgIpc) is 2.72. The van der Waals surface area contributed by atoms with E-state index in [2.05, 4.69) is 10.6 Å². The van der Waals surface area contributed by atoms with Crippen molar-refractivity contribution in [1.29, 1.82) is 0 Å². The third-order valence-corrected chi connectivity index (χ3v) is 2.72. The average molecular weight is 257 g/mol. The van der Waals surface area contributed by atoms with Crippen LogP contribution in [0.2, 0.25) is 0 Å². The van der Waals surface area contributed by atoms with Crippen LogP contribution < -0.4 is 10.6 Å². The van der Waals surface area contributed by atoms with E-state index in [0.29, 0.717) is 25.6 Å². The molecule has 0 aromatic rings. The van der Waals surface area contributed by atoms with E-state index in [1.807, 2.05) is 20.8 Å². The van der Waals surface area contributed by atoms with Gasteiger partial charge in [0, 0.05) is 26.7 Å². The summed E-state index contributed by atoms with van der Waals surface area (Å²) in [5.74, 6) is 0.301. The van der Waals surface area contributed by atoms with E-state index in [9.17, 15) is 9.59 Å². The lowest BCUT2D eigenvalue weighted by Crippen LogP contribution is -2.38. The number of rotatable bonds is 2. The Morgan fingerprint density at radius 1 is 1.39 bits per heavy atom. The molecule has 0 spiro atoms. The number of urea groups is 1. The maximum absolute atomic E-state index is 11.8. The molecule has 6 heteroatoms. The summed E-state index contributed by atoms with van der Waals surface area (Å²) in [6.07, 6.45) is 0.619. The van der Waals surface area contributed by atoms with E-state index in [1.165, 1.54) is 0 Å². The second-order valence-electron chi connectivity index (χ2n) is 5.54. The summed E-state index contributed by atoms with van der Waals surface area (Å²) in [4.78, 5) is 24.5. The number of ether oxygens (including phenoxy) is 1. The van der Waals surface area contributed by atoms with Crippen molar-refractivity contribution in [2.75, 3.05) is 26.7 Å². The van der Waals surface area contributed by atoms with Crippen LogP contribution in [0.15, 0.2) is 0 Å². The highest BCUT2D eigenvalue weighted by molar-refractivity contribution is 5.73. The number of carbonyl (C=O) groups is 2. The van der Waals surface area contributed by atoms with Gasteiger partial charge < -0.3 is 20.3 Å². The number of amides is 3. The predicted octanol–water partition coefficient (Wildman–Crippen LogP) is 1.17. The molecule has 1 aliphatic heterocycles. The van der Waals surface area contributed by atoms with Crippen molar-refractivity contribution in [3.8, 4) is 0 Å². The second-order valence-corrected chi connectivity index (χ2v) is 5.54. The minimum absolute atomic E-state index is 0.189. The first-order chi connectivity index (χ1) is 8.31. The lowest BCUT2D eigenvalue weighted by atomic mass is 10.1. The van der Waals surface area contributed by atoms with Gasteiger partial charge in [0.05, 0.1) is 0 Å². The van der Waals surface area contributed by atoms with Gasteiger partial charge in [0.1, 0.15) is 5.60 Å². The molecule has 0 radical (unpaired) electrons. The van der Waals surface area contributed by atoms with Crippen LogP contribution in [-0.4, -0.2) is 49.3 Å². The molecule has 1 heterocycles. The Morgan fingerprint density at radius 2 is 2.06 bits per heavy atom. The molecule has 0 aromatic carbocycles. The van der Waals surface area contributed by atoms with E-state index in [0.717, 1.165) is 6.42 Å². The van der Waals surface area contributed by atoms with Crippen molar-refractivity contribution in [2.24, 2.45) is 5.92 Å². The Labute approximate surface area is 108 Å². The van der Waals surface area contributed by atoms with E-state index in [1.54, 1.807) is 11.9 Å². The highest BCUT2D eigenvalue weighted by Gasteiger charge is 2.29. The number of nitrogens with zero attached hydrogens (tertiary/aromatic N) is 1. The molecule has 2 N–H and O–H groups in total. The van der Waals surface area contributed by atoms with Gasteiger partial charge in [0.2, 0.25) is 0 Å². The van der Waals surface area contributed by atoms with Gasteiger partial charge in [-0.2, -0.15) is 0 Å². The van der Waals surface area contributed by atoms with E-state index in [4.69, 9.17) is 4.74 Å². The summed E-state index contributed by atoms with van der Waals surface area (Å²) in [7, 11) is 1.58. The fraction of sp³-hybridized carbons (Fsp3) is 0.833.